The van der Waals surface area contributed by atoms with Gasteiger partial charge in [-0.15, -0.1) is 0 Å². The minimum atomic E-state index is 0.713. The molecule has 0 bridgehead atoms. The van der Waals surface area contributed by atoms with Crippen molar-refractivity contribution in [3.63, 3.8) is 0 Å². The molecule has 0 radical (unpaired) electrons. The van der Waals surface area contributed by atoms with Crippen molar-refractivity contribution in [2.45, 2.75) is 18.4 Å². The molecule has 3 aliphatic rings. The van der Waals surface area contributed by atoms with Crippen molar-refractivity contribution in [2.75, 3.05) is 43.0 Å². The van der Waals surface area contributed by atoms with Crippen molar-refractivity contribution in [3.8, 4) is 0 Å². The van der Waals surface area contributed by atoms with Crippen molar-refractivity contribution >= 4 is 11.4 Å². The predicted molar refractivity (Wildman–Crippen MR) is 71.1 cm³/mol. The van der Waals surface area contributed by atoms with Crippen LogP contribution >= 0.6 is 0 Å². The van der Waals surface area contributed by atoms with Crippen LogP contribution in [0.5, 0.6) is 0 Å². The third-order valence-electron chi connectivity index (χ3n) is 4.67. The van der Waals surface area contributed by atoms with Gasteiger partial charge in [0.15, 0.2) is 0 Å². The molecule has 0 unspecified atom stereocenters. The Morgan fingerprint density at radius 3 is 3.18 bits per heavy atom. The molecule has 1 aromatic rings. The van der Waals surface area contributed by atoms with E-state index in [1.54, 1.807) is 5.56 Å². The molecule has 90 valence electrons. The highest BCUT2D eigenvalue weighted by Gasteiger charge is 2.42. The summed E-state index contributed by atoms with van der Waals surface area (Å²) in [6.45, 7) is 4.69. The minimum Gasteiger partial charge on any atom is -0.371 e. The van der Waals surface area contributed by atoms with Crippen LogP contribution in [0.3, 0.4) is 0 Å². The molecular formula is C14H19N3. The number of nitrogens with one attached hydrogen (secondary N) is 1. The Kier molecular flexibility index (Phi) is 1.95. The van der Waals surface area contributed by atoms with Crippen molar-refractivity contribution in [3.05, 3.63) is 23.8 Å². The maximum Gasteiger partial charge on any atom is 0.0644 e. The van der Waals surface area contributed by atoms with E-state index in [1.165, 1.54) is 30.9 Å². The van der Waals surface area contributed by atoms with E-state index < -0.39 is 0 Å². The number of hydrogen-bond acceptors (Lipinski definition) is 3. The van der Waals surface area contributed by atoms with E-state index in [4.69, 9.17) is 0 Å². The summed E-state index contributed by atoms with van der Waals surface area (Å²) in [5.74, 6) is 0.713. The van der Waals surface area contributed by atoms with E-state index in [1.807, 2.05) is 0 Å². The number of benzene rings is 1. The summed E-state index contributed by atoms with van der Waals surface area (Å²) in [4.78, 5) is 5.08. The second-order valence-corrected chi connectivity index (χ2v) is 5.50. The van der Waals surface area contributed by atoms with Gasteiger partial charge in [0.1, 0.15) is 0 Å². The van der Waals surface area contributed by atoms with Crippen LogP contribution in [-0.4, -0.2) is 39.3 Å². The lowest BCUT2D eigenvalue weighted by molar-refractivity contribution is 0.402. The molecule has 1 saturated heterocycles. The summed E-state index contributed by atoms with van der Waals surface area (Å²) < 4.78 is 0. The number of piperidine rings is 1. The van der Waals surface area contributed by atoms with Crippen molar-refractivity contribution in [1.29, 1.82) is 0 Å². The van der Waals surface area contributed by atoms with Crippen LogP contribution in [0, 0.1) is 0 Å². The Morgan fingerprint density at radius 2 is 2.24 bits per heavy atom. The first-order chi connectivity index (χ1) is 8.36. The van der Waals surface area contributed by atoms with Gasteiger partial charge in [-0.3, -0.25) is 0 Å². The van der Waals surface area contributed by atoms with Crippen LogP contribution in [0.15, 0.2) is 18.2 Å². The monoisotopic (exact) mass is 229 g/mol. The molecule has 0 aromatic heterocycles. The maximum atomic E-state index is 3.55. The molecular weight excluding hydrogens is 210 g/mol. The van der Waals surface area contributed by atoms with E-state index in [9.17, 15) is 0 Å². The van der Waals surface area contributed by atoms with Crippen LogP contribution in [0.25, 0.3) is 0 Å². The van der Waals surface area contributed by atoms with Gasteiger partial charge in [-0.2, -0.15) is 0 Å². The standard InChI is InChI=1S/C14H19N3/c1-16-7-8-17-12-5-6-15-9-11(12)10-3-2-4-13(16)14(10)17/h2-4,11-12,15H,5-9H2,1H3/t11-,12+/m0/s1. The zero-order chi connectivity index (χ0) is 11.4. The summed E-state index contributed by atoms with van der Waals surface area (Å²) in [6, 6.07) is 7.59. The lowest BCUT2D eigenvalue weighted by Crippen LogP contribution is -2.48. The lowest BCUT2D eigenvalue weighted by Gasteiger charge is -2.39. The first-order valence-electron chi connectivity index (χ1n) is 6.67. The maximum absolute atomic E-state index is 3.55. The third-order valence-corrected chi connectivity index (χ3v) is 4.67. The van der Waals surface area contributed by atoms with Gasteiger partial charge in [0, 0.05) is 38.6 Å². The van der Waals surface area contributed by atoms with Gasteiger partial charge in [-0.05, 0) is 24.6 Å². The summed E-state index contributed by atoms with van der Waals surface area (Å²) in [7, 11) is 2.22. The van der Waals surface area contributed by atoms with Crippen molar-refractivity contribution in [2.24, 2.45) is 0 Å². The van der Waals surface area contributed by atoms with Gasteiger partial charge in [0.25, 0.3) is 0 Å². The first kappa shape index (κ1) is 9.77. The molecule has 3 nitrogen and oxygen atoms in total. The molecule has 1 aromatic carbocycles. The highest BCUT2D eigenvalue weighted by Crippen LogP contribution is 2.49. The number of nitrogens with zero attached hydrogens (tertiary/aromatic N) is 2. The first-order valence-corrected chi connectivity index (χ1v) is 6.67. The summed E-state index contributed by atoms with van der Waals surface area (Å²) in [6.07, 6.45) is 1.29. The smallest absolute Gasteiger partial charge is 0.0644 e. The van der Waals surface area contributed by atoms with Gasteiger partial charge in [-0.1, -0.05) is 12.1 Å². The van der Waals surface area contributed by atoms with Crippen LogP contribution in [0.4, 0.5) is 11.4 Å². The molecule has 3 heterocycles. The Hall–Kier alpha value is -1.22. The molecule has 0 saturated carbocycles. The number of para-hydroxylation sites is 1. The molecule has 3 heteroatoms. The molecule has 0 aliphatic carbocycles. The fraction of sp³-hybridized carbons (Fsp3) is 0.571. The zero-order valence-electron chi connectivity index (χ0n) is 10.3. The average Bonchev–Trinajstić information content (AvgIpc) is 2.70. The van der Waals surface area contributed by atoms with Gasteiger partial charge >= 0.3 is 0 Å². The molecule has 3 aliphatic heterocycles. The Labute approximate surface area is 102 Å². The van der Waals surface area contributed by atoms with Gasteiger partial charge in [0.2, 0.25) is 0 Å². The van der Waals surface area contributed by atoms with E-state index in [0.29, 0.717) is 5.92 Å². The van der Waals surface area contributed by atoms with Crippen LogP contribution in [0.1, 0.15) is 17.9 Å². The normalized spacial score (nSPS) is 30.2. The number of fused-ring (bicyclic) bond motifs is 3. The Balaban J connectivity index is 1.89. The van der Waals surface area contributed by atoms with E-state index >= 15 is 0 Å². The van der Waals surface area contributed by atoms with Crippen LogP contribution in [0.2, 0.25) is 0 Å². The van der Waals surface area contributed by atoms with Crippen molar-refractivity contribution in [1.82, 2.24) is 5.32 Å². The highest BCUT2D eigenvalue weighted by molar-refractivity contribution is 5.80. The molecule has 0 spiro atoms. The number of likely N-dealkylation sites (N-methyl/N-ethyl adjacent to an activating group) is 1. The third kappa shape index (κ3) is 1.20. The molecule has 2 atom stereocenters. The van der Waals surface area contributed by atoms with Crippen molar-refractivity contribution < 1.29 is 0 Å². The number of rotatable bonds is 0. The molecule has 0 amide bonds. The Morgan fingerprint density at radius 1 is 1.29 bits per heavy atom. The zero-order valence-corrected chi connectivity index (χ0v) is 10.3. The molecule has 1 fully saturated rings. The topological polar surface area (TPSA) is 18.5 Å². The lowest BCUT2D eigenvalue weighted by atomic mass is 9.90. The van der Waals surface area contributed by atoms with Gasteiger partial charge in [0.05, 0.1) is 11.4 Å². The van der Waals surface area contributed by atoms with Gasteiger partial charge < -0.3 is 15.1 Å². The summed E-state index contributed by atoms with van der Waals surface area (Å²) in [5, 5.41) is 3.55. The number of hydrogen-bond donors (Lipinski definition) is 1. The molecule has 4 rings (SSSR count). The highest BCUT2D eigenvalue weighted by atomic mass is 15.3. The van der Waals surface area contributed by atoms with E-state index in [0.717, 1.165) is 19.1 Å². The van der Waals surface area contributed by atoms with E-state index in [-0.39, 0.29) is 0 Å². The summed E-state index contributed by atoms with van der Waals surface area (Å²) >= 11 is 0. The van der Waals surface area contributed by atoms with Crippen LogP contribution < -0.4 is 15.1 Å². The second kappa shape index (κ2) is 3.39. The quantitative estimate of drug-likeness (QED) is 0.725. The second-order valence-electron chi connectivity index (χ2n) is 5.50. The minimum absolute atomic E-state index is 0.713. The molecule has 1 N–H and O–H groups in total. The van der Waals surface area contributed by atoms with Gasteiger partial charge in [-0.25, -0.2) is 0 Å². The SMILES string of the molecule is CN1CCN2c3c(cccc31)[C@@H]1CNCC[C@H]12. The molecule has 17 heavy (non-hydrogen) atoms. The Bertz CT molecular complexity index is 457. The van der Waals surface area contributed by atoms with Crippen LogP contribution in [-0.2, 0) is 0 Å². The fourth-order valence-corrected chi connectivity index (χ4v) is 3.83. The predicted octanol–water partition coefficient (Wildman–Crippen LogP) is 1.40. The largest absolute Gasteiger partial charge is 0.371 e. The summed E-state index contributed by atoms with van der Waals surface area (Å²) in [5.41, 5.74) is 4.54. The average molecular weight is 229 g/mol. The fourth-order valence-electron chi connectivity index (χ4n) is 3.83. The van der Waals surface area contributed by atoms with E-state index in [2.05, 4.69) is 40.4 Å². The number of anilines is 2.